The van der Waals surface area contributed by atoms with Crippen molar-refractivity contribution in [2.75, 3.05) is 0 Å². The normalized spacial score (nSPS) is 14.4. The van der Waals surface area contributed by atoms with E-state index in [1.54, 1.807) is 20.8 Å². The van der Waals surface area contributed by atoms with Crippen LogP contribution in [0, 0.1) is 5.41 Å². The second kappa shape index (κ2) is 2.94. The van der Waals surface area contributed by atoms with Crippen LogP contribution in [0.3, 0.4) is 0 Å². The van der Waals surface area contributed by atoms with Gasteiger partial charge in [0.2, 0.25) is 0 Å². The van der Waals surface area contributed by atoms with Gasteiger partial charge in [-0.15, -0.1) is 0 Å². The van der Waals surface area contributed by atoms with Crippen molar-refractivity contribution in [3.8, 4) is 0 Å². The molecule has 0 aromatic rings. The maximum Gasteiger partial charge on any atom is 0.280 e. The zero-order valence-electron chi connectivity index (χ0n) is 6.23. The van der Waals surface area contributed by atoms with Gasteiger partial charge in [0, 0.05) is 5.41 Å². The second-order valence-electron chi connectivity index (χ2n) is 3.04. The Kier molecular flexibility index (Phi) is 2.75. The maximum atomic E-state index is 11.9. The first-order valence-electron chi connectivity index (χ1n) is 2.90. The molecule has 0 aromatic carbocycles. The molecule has 0 aromatic heterocycles. The van der Waals surface area contributed by atoms with Crippen molar-refractivity contribution in [3.05, 3.63) is 0 Å². The van der Waals surface area contributed by atoms with Crippen LogP contribution >= 0.6 is 0 Å². The lowest BCUT2D eigenvalue weighted by Gasteiger charge is -2.18. The highest BCUT2D eigenvalue weighted by Crippen LogP contribution is 2.20. The fourth-order valence-electron chi connectivity index (χ4n) is 0.521. The molecule has 1 N–H and O–H groups in total. The Balaban J connectivity index is 4.40. The SMILES string of the molecule is CC(C)(C)C(=NO)C(F)F. The first-order chi connectivity index (χ1) is 4.39. The van der Waals surface area contributed by atoms with Gasteiger partial charge in [0.1, 0.15) is 5.71 Å². The Bertz CT molecular complexity index is 137. The Morgan fingerprint density at radius 2 is 1.80 bits per heavy atom. The van der Waals surface area contributed by atoms with Crippen LogP contribution in [0.5, 0.6) is 0 Å². The van der Waals surface area contributed by atoms with Crippen molar-refractivity contribution < 1.29 is 14.0 Å². The third kappa shape index (κ3) is 2.29. The third-order valence-electron chi connectivity index (χ3n) is 1.08. The highest BCUT2D eigenvalue weighted by atomic mass is 19.3. The molecule has 0 fully saturated rings. The number of hydrogen-bond acceptors (Lipinski definition) is 2. The van der Waals surface area contributed by atoms with Gasteiger partial charge in [-0.05, 0) is 0 Å². The maximum absolute atomic E-state index is 11.9. The van der Waals surface area contributed by atoms with Crippen LogP contribution in [0.25, 0.3) is 0 Å². The number of halogens is 2. The molecule has 0 saturated heterocycles. The standard InChI is InChI=1S/C6H11F2NO/c1-6(2,3)4(9-10)5(7)8/h5,10H,1-3H3. The fraction of sp³-hybridized carbons (Fsp3) is 0.833. The summed E-state index contributed by atoms with van der Waals surface area (Å²) < 4.78 is 23.8. The monoisotopic (exact) mass is 151 g/mol. The summed E-state index contributed by atoms with van der Waals surface area (Å²) in [5.74, 6) is 0. The predicted molar refractivity (Wildman–Crippen MR) is 34.7 cm³/mol. The Hall–Kier alpha value is -0.670. The van der Waals surface area contributed by atoms with Gasteiger partial charge in [0.25, 0.3) is 6.43 Å². The van der Waals surface area contributed by atoms with E-state index in [9.17, 15) is 8.78 Å². The van der Waals surface area contributed by atoms with E-state index >= 15 is 0 Å². The summed E-state index contributed by atoms with van der Waals surface area (Å²) >= 11 is 0. The molecule has 0 radical (unpaired) electrons. The molecule has 0 bridgehead atoms. The average molecular weight is 151 g/mol. The quantitative estimate of drug-likeness (QED) is 0.347. The number of nitrogens with zero attached hydrogens (tertiary/aromatic N) is 1. The van der Waals surface area contributed by atoms with E-state index in [1.807, 2.05) is 0 Å². The first kappa shape index (κ1) is 9.33. The molecule has 0 saturated carbocycles. The van der Waals surface area contributed by atoms with Crippen molar-refractivity contribution in [1.82, 2.24) is 0 Å². The number of oxime groups is 1. The zero-order valence-corrected chi connectivity index (χ0v) is 6.23. The van der Waals surface area contributed by atoms with Gasteiger partial charge >= 0.3 is 0 Å². The van der Waals surface area contributed by atoms with Crippen LogP contribution < -0.4 is 0 Å². The molecule has 4 heteroatoms. The zero-order chi connectivity index (χ0) is 8.36. The molecule has 2 nitrogen and oxygen atoms in total. The Morgan fingerprint density at radius 1 is 1.40 bits per heavy atom. The summed E-state index contributed by atoms with van der Waals surface area (Å²) in [4.78, 5) is 0. The molecule has 0 atom stereocenters. The Labute approximate surface area is 58.5 Å². The van der Waals surface area contributed by atoms with Gasteiger partial charge in [0.15, 0.2) is 0 Å². The average Bonchev–Trinajstić information content (AvgIpc) is 1.60. The molecule has 0 aliphatic carbocycles. The van der Waals surface area contributed by atoms with Gasteiger partial charge in [-0.25, -0.2) is 8.78 Å². The van der Waals surface area contributed by atoms with Crippen LogP contribution in [0.4, 0.5) is 8.78 Å². The van der Waals surface area contributed by atoms with Gasteiger partial charge in [-0.2, -0.15) is 0 Å². The lowest BCUT2D eigenvalue weighted by atomic mass is 9.90. The topological polar surface area (TPSA) is 32.6 Å². The molecule has 60 valence electrons. The van der Waals surface area contributed by atoms with E-state index in [1.165, 1.54) is 0 Å². The lowest BCUT2D eigenvalue weighted by Crippen LogP contribution is -2.27. The molecule has 0 spiro atoms. The molecule has 0 rings (SSSR count). The molecular weight excluding hydrogens is 140 g/mol. The summed E-state index contributed by atoms with van der Waals surface area (Å²) in [6.45, 7) is 4.69. The molecular formula is C6H11F2NO. The van der Waals surface area contributed by atoms with E-state index in [0.717, 1.165) is 0 Å². The highest BCUT2D eigenvalue weighted by Gasteiger charge is 2.27. The van der Waals surface area contributed by atoms with Crippen LogP contribution in [-0.2, 0) is 0 Å². The smallest absolute Gasteiger partial charge is 0.280 e. The van der Waals surface area contributed by atoms with Gasteiger partial charge in [-0.1, -0.05) is 25.9 Å². The van der Waals surface area contributed by atoms with E-state index in [0.29, 0.717) is 0 Å². The molecule has 0 aliphatic heterocycles. The molecule has 0 amide bonds. The number of alkyl halides is 2. The summed E-state index contributed by atoms with van der Waals surface area (Å²) in [6.07, 6.45) is -2.68. The van der Waals surface area contributed by atoms with Crippen LogP contribution in [0.15, 0.2) is 5.16 Å². The van der Waals surface area contributed by atoms with Crippen LogP contribution in [0.1, 0.15) is 20.8 Å². The predicted octanol–water partition coefficient (Wildman–Crippen LogP) is 2.13. The van der Waals surface area contributed by atoms with Crippen LogP contribution in [0.2, 0.25) is 0 Å². The van der Waals surface area contributed by atoms with Gasteiger partial charge in [0.05, 0.1) is 0 Å². The van der Waals surface area contributed by atoms with E-state index in [-0.39, 0.29) is 0 Å². The van der Waals surface area contributed by atoms with Crippen molar-refractivity contribution in [2.24, 2.45) is 10.6 Å². The van der Waals surface area contributed by atoms with Crippen molar-refractivity contribution in [1.29, 1.82) is 0 Å². The number of rotatable bonds is 1. The largest absolute Gasteiger partial charge is 0.411 e. The fourth-order valence-corrected chi connectivity index (χ4v) is 0.521. The third-order valence-corrected chi connectivity index (χ3v) is 1.08. The van der Waals surface area contributed by atoms with Crippen molar-refractivity contribution >= 4 is 5.71 Å². The van der Waals surface area contributed by atoms with Crippen molar-refractivity contribution in [3.63, 3.8) is 0 Å². The minimum Gasteiger partial charge on any atom is -0.411 e. The summed E-state index contributed by atoms with van der Waals surface area (Å²) in [5.41, 5.74) is -1.24. The lowest BCUT2D eigenvalue weighted by molar-refractivity contribution is 0.198. The van der Waals surface area contributed by atoms with Gasteiger partial charge < -0.3 is 5.21 Å². The Morgan fingerprint density at radius 3 is 1.80 bits per heavy atom. The number of hydrogen-bond donors (Lipinski definition) is 1. The molecule has 10 heavy (non-hydrogen) atoms. The molecule has 0 unspecified atom stereocenters. The minimum atomic E-state index is -2.68. The van der Waals surface area contributed by atoms with Gasteiger partial charge in [-0.3, -0.25) is 0 Å². The molecule has 0 aliphatic rings. The second-order valence-corrected chi connectivity index (χ2v) is 3.04. The highest BCUT2D eigenvalue weighted by molar-refractivity contribution is 5.91. The summed E-state index contributed by atoms with van der Waals surface area (Å²) in [7, 11) is 0. The van der Waals surface area contributed by atoms with Crippen molar-refractivity contribution in [2.45, 2.75) is 27.2 Å². The summed E-state index contributed by atoms with van der Waals surface area (Å²) in [5, 5.41) is 10.7. The molecule has 0 heterocycles. The van der Waals surface area contributed by atoms with E-state index < -0.39 is 17.6 Å². The summed E-state index contributed by atoms with van der Waals surface area (Å²) in [6, 6.07) is 0. The van der Waals surface area contributed by atoms with E-state index in [2.05, 4.69) is 5.16 Å². The first-order valence-corrected chi connectivity index (χ1v) is 2.90. The minimum absolute atomic E-state index is 0.479. The van der Waals surface area contributed by atoms with E-state index in [4.69, 9.17) is 5.21 Å². The van der Waals surface area contributed by atoms with Crippen LogP contribution in [-0.4, -0.2) is 17.3 Å².